The number of thioether (sulfide) groups is 1. The monoisotopic (exact) mass is 446 g/mol. The van der Waals surface area contributed by atoms with Crippen molar-refractivity contribution in [2.45, 2.75) is 32.3 Å². The maximum atomic E-state index is 12.6. The molecule has 4 rings (SSSR count). The Morgan fingerprint density at radius 1 is 1.03 bits per heavy atom. The van der Waals surface area contributed by atoms with E-state index in [1.54, 1.807) is 4.68 Å². The lowest BCUT2D eigenvalue weighted by molar-refractivity contribution is -0.113. The molecule has 0 saturated carbocycles. The highest BCUT2D eigenvalue weighted by molar-refractivity contribution is 7.99. The van der Waals surface area contributed by atoms with Gasteiger partial charge in [-0.15, -0.1) is 10.2 Å². The fourth-order valence-electron chi connectivity index (χ4n) is 3.62. The van der Waals surface area contributed by atoms with Gasteiger partial charge in [-0.1, -0.05) is 59.8 Å². The molecule has 1 N–H and O–H groups in total. The molecule has 0 unspecified atom stereocenters. The minimum Gasteiger partial charge on any atom is -0.310 e. The van der Waals surface area contributed by atoms with Gasteiger partial charge in [0.15, 0.2) is 5.16 Å². The summed E-state index contributed by atoms with van der Waals surface area (Å²) in [5.74, 6) is 1.62. The summed E-state index contributed by atoms with van der Waals surface area (Å²) in [7, 11) is 1.81. The molecule has 0 radical (unpaired) electrons. The Kier molecular flexibility index (Phi) is 6.41. The number of aromatic nitrogens is 5. The molecule has 0 aliphatic carbocycles. The number of hydrogen-bond acceptors (Lipinski definition) is 5. The van der Waals surface area contributed by atoms with Crippen molar-refractivity contribution in [1.82, 2.24) is 24.5 Å². The van der Waals surface area contributed by atoms with Crippen molar-refractivity contribution in [3.63, 3.8) is 0 Å². The van der Waals surface area contributed by atoms with Gasteiger partial charge in [-0.3, -0.25) is 14.0 Å². The highest BCUT2D eigenvalue weighted by Crippen LogP contribution is 2.26. The summed E-state index contributed by atoms with van der Waals surface area (Å²) in [5, 5.41) is 16.8. The molecule has 32 heavy (non-hydrogen) atoms. The molecule has 0 spiro atoms. The zero-order valence-electron chi connectivity index (χ0n) is 18.7. The van der Waals surface area contributed by atoms with Crippen molar-refractivity contribution in [2.24, 2.45) is 7.05 Å². The number of nitrogens with one attached hydrogen (secondary N) is 1. The number of amides is 1. The first-order valence-electron chi connectivity index (χ1n) is 10.4. The van der Waals surface area contributed by atoms with Gasteiger partial charge in [-0.2, -0.15) is 5.10 Å². The van der Waals surface area contributed by atoms with Crippen molar-refractivity contribution in [3.8, 4) is 5.69 Å². The minimum atomic E-state index is -0.113. The summed E-state index contributed by atoms with van der Waals surface area (Å²) in [4.78, 5) is 12.6. The number of hydrogen-bond donors (Lipinski definition) is 1. The van der Waals surface area contributed by atoms with Gasteiger partial charge in [-0.05, 0) is 38.0 Å². The fourth-order valence-corrected chi connectivity index (χ4v) is 4.39. The maximum absolute atomic E-state index is 12.6. The topological polar surface area (TPSA) is 77.6 Å². The predicted octanol–water partition coefficient (Wildman–Crippen LogP) is 4.25. The molecule has 0 bridgehead atoms. The average molecular weight is 447 g/mol. The third-order valence-electron chi connectivity index (χ3n) is 5.10. The Morgan fingerprint density at radius 2 is 1.81 bits per heavy atom. The number of benzene rings is 2. The van der Waals surface area contributed by atoms with Gasteiger partial charge < -0.3 is 5.32 Å². The number of carbonyl (C=O) groups is 1. The summed E-state index contributed by atoms with van der Waals surface area (Å²) in [6.45, 7) is 6.06. The molecule has 1 amide bonds. The Bertz CT molecular complexity index is 1240. The van der Waals surface area contributed by atoms with Crippen molar-refractivity contribution in [2.75, 3.05) is 11.1 Å². The van der Waals surface area contributed by atoms with E-state index >= 15 is 0 Å². The summed E-state index contributed by atoms with van der Waals surface area (Å²) in [6, 6.07) is 18.4. The molecule has 2 aromatic carbocycles. The lowest BCUT2D eigenvalue weighted by Gasteiger charge is -2.13. The third kappa shape index (κ3) is 4.91. The van der Waals surface area contributed by atoms with Crippen LogP contribution in [0.4, 0.5) is 5.82 Å². The van der Waals surface area contributed by atoms with E-state index in [2.05, 4.69) is 69.4 Å². The average Bonchev–Trinajstić information content (AvgIpc) is 3.29. The second-order valence-corrected chi connectivity index (χ2v) is 8.76. The van der Waals surface area contributed by atoms with E-state index < -0.39 is 0 Å². The van der Waals surface area contributed by atoms with Gasteiger partial charge in [-0.25, -0.2) is 0 Å². The molecular weight excluding hydrogens is 420 g/mol. The number of aryl methyl sites for hydroxylation is 4. The first-order chi connectivity index (χ1) is 15.4. The molecule has 0 saturated heterocycles. The molecule has 7 nitrogen and oxygen atoms in total. The van der Waals surface area contributed by atoms with Crippen LogP contribution in [0.3, 0.4) is 0 Å². The van der Waals surface area contributed by atoms with Crippen molar-refractivity contribution in [1.29, 1.82) is 0 Å². The molecule has 0 fully saturated rings. The second kappa shape index (κ2) is 9.40. The van der Waals surface area contributed by atoms with Crippen LogP contribution < -0.4 is 5.32 Å². The Hall–Kier alpha value is -3.39. The SMILES string of the molecule is Cc1ccc(-n2c(Cc3ccccc3)nnc2SCC(=O)Nc2cc(C)nn2C)c(C)c1. The standard InChI is InChI=1S/C24H26N6OS/c1-16-10-11-20(17(2)12-16)30-22(14-19-8-6-5-7-9-19)26-27-24(30)32-15-23(31)25-21-13-18(3)28-29(21)4/h5-13H,14-15H2,1-4H3,(H,25,31). The van der Waals surface area contributed by atoms with Gasteiger partial charge in [0.05, 0.1) is 17.1 Å². The molecule has 2 heterocycles. The van der Waals surface area contributed by atoms with Crippen LogP contribution in [0.25, 0.3) is 5.69 Å². The Balaban J connectivity index is 1.59. The van der Waals surface area contributed by atoms with E-state index in [9.17, 15) is 4.79 Å². The quantitative estimate of drug-likeness (QED) is 0.430. The normalized spacial score (nSPS) is 11.0. The van der Waals surface area contributed by atoms with Crippen LogP contribution in [-0.2, 0) is 18.3 Å². The van der Waals surface area contributed by atoms with Crippen LogP contribution in [0, 0.1) is 20.8 Å². The lowest BCUT2D eigenvalue weighted by Crippen LogP contribution is -2.17. The van der Waals surface area contributed by atoms with Crippen LogP contribution in [0.2, 0.25) is 0 Å². The van der Waals surface area contributed by atoms with Crippen LogP contribution in [0.1, 0.15) is 28.2 Å². The van der Waals surface area contributed by atoms with Gasteiger partial charge in [0, 0.05) is 19.5 Å². The number of carbonyl (C=O) groups excluding carboxylic acids is 1. The van der Waals surface area contributed by atoms with Gasteiger partial charge in [0.2, 0.25) is 5.91 Å². The van der Waals surface area contributed by atoms with Gasteiger partial charge in [0.1, 0.15) is 11.6 Å². The highest BCUT2D eigenvalue weighted by atomic mass is 32.2. The summed E-state index contributed by atoms with van der Waals surface area (Å²) >= 11 is 1.37. The lowest BCUT2D eigenvalue weighted by atomic mass is 10.1. The van der Waals surface area contributed by atoms with E-state index in [4.69, 9.17) is 0 Å². The maximum Gasteiger partial charge on any atom is 0.235 e. The molecule has 4 aromatic rings. The van der Waals surface area contributed by atoms with E-state index in [-0.39, 0.29) is 11.7 Å². The van der Waals surface area contributed by atoms with Crippen molar-refractivity contribution < 1.29 is 4.79 Å². The summed E-state index contributed by atoms with van der Waals surface area (Å²) < 4.78 is 3.72. The van der Waals surface area contributed by atoms with Gasteiger partial charge >= 0.3 is 0 Å². The first kappa shape index (κ1) is 21.8. The Morgan fingerprint density at radius 3 is 2.50 bits per heavy atom. The van der Waals surface area contributed by atoms with E-state index in [0.29, 0.717) is 17.4 Å². The second-order valence-electron chi connectivity index (χ2n) is 7.82. The van der Waals surface area contributed by atoms with E-state index in [0.717, 1.165) is 28.3 Å². The van der Waals surface area contributed by atoms with Crippen LogP contribution in [0.15, 0.2) is 59.8 Å². The molecule has 0 aliphatic rings. The van der Waals surface area contributed by atoms with Crippen LogP contribution in [0.5, 0.6) is 0 Å². The number of nitrogens with zero attached hydrogens (tertiary/aromatic N) is 5. The zero-order valence-corrected chi connectivity index (χ0v) is 19.5. The van der Waals surface area contributed by atoms with Crippen molar-refractivity contribution in [3.05, 3.63) is 82.8 Å². The van der Waals surface area contributed by atoms with Gasteiger partial charge in [0.25, 0.3) is 0 Å². The smallest absolute Gasteiger partial charge is 0.235 e. The molecule has 0 aliphatic heterocycles. The summed E-state index contributed by atoms with van der Waals surface area (Å²) in [5.41, 5.74) is 5.37. The third-order valence-corrected chi connectivity index (χ3v) is 6.03. The Labute approximate surface area is 191 Å². The summed E-state index contributed by atoms with van der Waals surface area (Å²) in [6.07, 6.45) is 0.655. The van der Waals surface area contributed by atoms with E-state index in [1.807, 2.05) is 38.2 Å². The number of rotatable bonds is 7. The minimum absolute atomic E-state index is 0.113. The molecule has 164 valence electrons. The zero-order chi connectivity index (χ0) is 22.7. The highest BCUT2D eigenvalue weighted by Gasteiger charge is 2.18. The fraction of sp³-hybridized carbons (Fsp3) is 0.250. The predicted molar refractivity (Wildman–Crippen MR) is 127 cm³/mol. The molecule has 0 atom stereocenters. The molecular formula is C24H26N6OS. The molecule has 8 heteroatoms. The largest absolute Gasteiger partial charge is 0.310 e. The molecule has 2 aromatic heterocycles. The van der Waals surface area contributed by atoms with Crippen LogP contribution in [-0.4, -0.2) is 36.2 Å². The van der Waals surface area contributed by atoms with Crippen LogP contribution >= 0.6 is 11.8 Å². The van der Waals surface area contributed by atoms with E-state index in [1.165, 1.54) is 17.3 Å². The first-order valence-corrected chi connectivity index (χ1v) is 11.4. The number of anilines is 1. The van der Waals surface area contributed by atoms with Crippen molar-refractivity contribution >= 4 is 23.5 Å².